The Morgan fingerprint density at radius 2 is 2.14 bits per heavy atom. The first kappa shape index (κ1) is 18.6. The summed E-state index contributed by atoms with van der Waals surface area (Å²) in [6.45, 7) is 1.94. The van der Waals surface area contributed by atoms with Crippen LogP contribution in [0.25, 0.3) is 11.0 Å². The Balaban J connectivity index is 1.67. The van der Waals surface area contributed by atoms with Crippen molar-refractivity contribution >= 4 is 16.9 Å². The van der Waals surface area contributed by atoms with Crippen LogP contribution in [0.15, 0.2) is 18.2 Å². The Hall–Kier alpha value is -2.74. The summed E-state index contributed by atoms with van der Waals surface area (Å²) >= 11 is 0. The lowest BCUT2D eigenvalue weighted by molar-refractivity contribution is -0.120. The van der Waals surface area contributed by atoms with Gasteiger partial charge in [0.15, 0.2) is 5.82 Å². The number of carbonyl (C=O) groups is 1. The van der Waals surface area contributed by atoms with E-state index in [0.29, 0.717) is 12.2 Å². The fraction of sp³-hybridized carbons (Fsp3) is 0.500. The third-order valence-electron chi connectivity index (χ3n) is 5.38. The molecule has 28 heavy (non-hydrogen) atoms. The quantitative estimate of drug-likeness (QED) is 0.624. The highest BCUT2D eigenvalue weighted by Crippen LogP contribution is 2.29. The van der Waals surface area contributed by atoms with Gasteiger partial charge in [-0.25, -0.2) is 14.6 Å². The van der Waals surface area contributed by atoms with Gasteiger partial charge in [0.25, 0.3) is 0 Å². The van der Waals surface area contributed by atoms with Crippen molar-refractivity contribution in [2.75, 3.05) is 7.05 Å². The molecule has 2 atom stereocenters. The number of rotatable bonds is 5. The molecular weight excluding hydrogens is 356 g/mol. The van der Waals surface area contributed by atoms with Gasteiger partial charge in [0.2, 0.25) is 5.91 Å². The minimum absolute atomic E-state index is 0.0900. The lowest BCUT2D eigenvalue weighted by atomic mass is 9.92. The van der Waals surface area contributed by atoms with Crippen LogP contribution in [0.1, 0.15) is 54.8 Å². The van der Waals surface area contributed by atoms with E-state index in [1.165, 1.54) is 0 Å². The molecule has 2 heterocycles. The smallest absolute Gasteiger partial charge is 0.227 e. The number of nitrogens with one attached hydrogen (secondary N) is 2. The van der Waals surface area contributed by atoms with E-state index in [9.17, 15) is 9.90 Å². The molecule has 0 unspecified atom stereocenters. The van der Waals surface area contributed by atoms with Crippen molar-refractivity contribution in [3.05, 3.63) is 41.2 Å². The summed E-state index contributed by atoms with van der Waals surface area (Å²) in [6, 6.07) is 6.02. The Bertz CT molecular complexity index is 992. The zero-order chi connectivity index (χ0) is 19.7. The Kier molecular flexibility index (Phi) is 5.13. The second-order valence-corrected chi connectivity index (χ2v) is 7.51. The topological polar surface area (TPSA) is 109 Å². The van der Waals surface area contributed by atoms with E-state index in [1.54, 1.807) is 7.05 Å². The molecule has 1 fully saturated rings. The maximum atomic E-state index is 11.8. The number of aromatic amines is 1. The molecule has 2 aromatic heterocycles. The molecule has 0 spiro atoms. The molecular formula is C20H26N6O2. The highest BCUT2D eigenvalue weighted by atomic mass is 16.3. The number of benzene rings is 1. The monoisotopic (exact) mass is 382 g/mol. The van der Waals surface area contributed by atoms with Crippen LogP contribution in [-0.4, -0.2) is 48.9 Å². The number of nitrogens with zero attached hydrogens (tertiary/aromatic N) is 4. The van der Waals surface area contributed by atoms with Gasteiger partial charge in [-0.05, 0) is 37.5 Å². The van der Waals surface area contributed by atoms with Gasteiger partial charge >= 0.3 is 0 Å². The summed E-state index contributed by atoms with van der Waals surface area (Å²) in [5.41, 5.74) is 3.01. The number of aliphatic hydroxyl groups excluding tert-OH is 1. The lowest BCUT2D eigenvalue weighted by Gasteiger charge is -2.28. The third kappa shape index (κ3) is 3.77. The molecule has 148 valence electrons. The average molecular weight is 382 g/mol. The minimum Gasteiger partial charge on any atom is -0.391 e. The summed E-state index contributed by atoms with van der Waals surface area (Å²) in [5.74, 6) is 2.03. The number of hydrogen-bond acceptors (Lipinski definition) is 5. The number of hydrogen-bond donors (Lipinski definition) is 3. The van der Waals surface area contributed by atoms with Crippen molar-refractivity contribution in [2.24, 2.45) is 0 Å². The number of H-pyrrole nitrogens is 1. The standard InChI is InChI=1S/C20H26N6O2/c1-12-22-14-8-7-13(9-15(14)23-12)10-19-24-18(11-20(28)21-2)25-26(19)16-5-3-4-6-17(16)27/h7-9,16-17,27H,3-6,10-11H2,1-2H3,(H,21,28)(H,22,23)/t16-,17-/m1/s1. The number of amides is 1. The predicted molar refractivity (Wildman–Crippen MR) is 105 cm³/mol. The Labute approximate surface area is 163 Å². The summed E-state index contributed by atoms with van der Waals surface area (Å²) < 4.78 is 1.85. The summed E-state index contributed by atoms with van der Waals surface area (Å²) in [4.78, 5) is 24.1. The van der Waals surface area contributed by atoms with Gasteiger partial charge in [0, 0.05) is 13.5 Å². The second kappa shape index (κ2) is 7.71. The number of aliphatic hydroxyl groups is 1. The first-order valence-corrected chi connectivity index (χ1v) is 9.81. The molecule has 0 saturated heterocycles. The fourth-order valence-electron chi connectivity index (χ4n) is 3.95. The molecule has 1 amide bonds. The summed E-state index contributed by atoms with van der Waals surface area (Å²) in [7, 11) is 1.60. The molecule has 1 saturated carbocycles. The van der Waals surface area contributed by atoms with E-state index in [0.717, 1.165) is 53.9 Å². The van der Waals surface area contributed by atoms with Gasteiger partial charge in [-0.3, -0.25) is 4.79 Å². The normalized spacial score (nSPS) is 19.8. The SMILES string of the molecule is CNC(=O)Cc1nc(Cc2ccc3nc(C)[nH]c3c2)n([C@@H]2CCCC[C@H]2O)n1. The molecule has 3 aromatic rings. The maximum Gasteiger partial charge on any atom is 0.227 e. The first-order chi connectivity index (χ1) is 13.5. The highest BCUT2D eigenvalue weighted by molar-refractivity contribution is 5.77. The van der Waals surface area contributed by atoms with Crippen LogP contribution in [0.2, 0.25) is 0 Å². The summed E-state index contributed by atoms with van der Waals surface area (Å²) in [6.07, 6.45) is 4.02. The van der Waals surface area contributed by atoms with Crippen LogP contribution < -0.4 is 5.32 Å². The zero-order valence-corrected chi connectivity index (χ0v) is 16.3. The van der Waals surface area contributed by atoms with Crippen LogP contribution in [0.5, 0.6) is 0 Å². The summed E-state index contributed by atoms with van der Waals surface area (Å²) in [5, 5.41) is 17.7. The van der Waals surface area contributed by atoms with Crippen molar-refractivity contribution < 1.29 is 9.90 Å². The van der Waals surface area contributed by atoms with E-state index < -0.39 is 6.10 Å². The molecule has 8 heteroatoms. The van der Waals surface area contributed by atoms with E-state index >= 15 is 0 Å². The minimum atomic E-state index is -0.431. The van der Waals surface area contributed by atoms with E-state index in [4.69, 9.17) is 0 Å². The Morgan fingerprint density at radius 3 is 2.93 bits per heavy atom. The van der Waals surface area contributed by atoms with Crippen molar-refractivity contribution in [1.29, 1.82) is 0 Å². The number of aryl methyl sites for hydroxylation is 1. The molecule has 1 aliphatic rings. The first-order valence-electron chi connectivity index (χ1n) is 9.81. The number of fused-ring (bicyclic) bond motifs is 1. The number of aromatic nitrogens is 5. The molecule has 1 aromatic carbocycles. The lowest BCUT2D eigenvalue weighted by Crippen LogP contribution is -2.29. The van der Waals surface area contributed by atoms with Crippen LogP contribution >= 0.6 is 0 Å². The molecule has 1 aliphatic carbocycles. The van der Waals surface area contributed by atoms with Gasteiger partial charge in [-0.1, -0.05) is 18.9 Å². The number of likely N-dealkylation sites (N-methyl/N-ethyl adjacent to an activating group) is 1. The molecule has 8 nitrogen and oxygen atoms in total. The maximum absolute atomic E-state index is 11.8. The largest absolute Gasteiger partial charge is 0.391 e. The van der Waals surface area contributed by atoms with Crippen LogP contribution in [0, 0.1) is 6.92 Å². The average Bonchev–Trinajstić information content (AvgIpc) is 3.23. The van der Waals surface area contributed by atoms with Crippen molar-refractivity contribution in [3.8, 4) is 0 Å². The van der Waals surface area contributed by atoms with E-state index in [-0.39, 0.29) is 18.4 Å². The Morgan fingerprint density at radius 1 is 1.32 bits per heavy atom. The van der Waals surface area contributed by atoms with Gasteiger partial charge < -0.3 is 15.4 Å². The van der Waals surface area contributed by atoms with Crippen molar-refractivity contribution in [1.82, 2.24) is 30.0 Å². The van der Waals surface area contributed by atoms with Gasteiger partial charge in [0.1, 0.15) is 11.6 Å². The number of carbonyl (C=O) groups excluding carboxylic acids is 1. The predicted octanol–water partition coefficient (Wildman–Crippen LogP) is 1.82. The molecule has 4 rings (SSSR count). The van der Waals surface area contributed by atoms with Crippen LogP contribution in [-0.2, 0) is 17.6 Å². The van der Waals surface area contributed by atoms with E-state index in [2.05, 4.69) is 31.4 Å². The fourth-order valence-corrected chi connectivity index (χ4v) is 3.95. The van der Waals surface area contributed by atoms with E-state index in [1.807, 2.05) is 23.7 Å². The van der Waals surface area contributed by atoms with Gasteiger partial charge in [-0.2, -0.15) is 5.10 Å². The zero-order valence-electron chi connectivity index (χ0n) is 16.3. The van der Waals surface area contributed by atoms with Gasteiger partial charge in [-0.15, -0.1) is 0 Å². The second-order valence-electron chi connectivity index (χ2n) is 7.51. The van der Waals surface area contributed by atoms with Crippen LogP contribution in [0.3, 0.4) is 0 Å². The number of imidazole rings is 1. The molecule has 3 N–H and O–H groups in total. The highest BCUT2D eigenvalue weighted by Gasteiger charge is 2.28. The van der Waals surface area contributed by atoms with Crippen molar-refractivity contribution in [2.45, 2.75) is 57.6 Å². The van der Waals surface area contributed by atoms with Crippen LogP contribution in [0.4, 0.5) is 0 Å². The van der Waals surface area contributed by atoms with Gasteiger partial charge in [0.05, 0.1) is 29.6 Å². The van der Waals surface area contributed by atoms with Crippen molar-refractivity contribution in [3.63, 3.8) is 0 Å². The molecule has 0 aliphatic heterocycles. The molecule has 0 bridgehead atoms. The molecule has 0 radical (unpaired) electrons. The third-order valence-corrected chi connectivity index (χ3v) is 5.38.